The largest absolute Gasteiger partial charge is 0.377 e. The highest BCUT2D eigenvalue weighted by Crippen LogP contribution is 2.11. The first-order chi connectivity index (χ1) is 8.71. The third-order valence-electron chi connectivity index (χ3n) is 2.82. The molecule has 6 nitrogen and oxygen atoms in total. The van der Waals surface area contributed by atoms with E-state index in [1.165, 1.54) is 4.80 Å². The molecule has 0 radical (unpaired) electrons. The molecule has 0 aliphatic heterocycles. The van der Waals surface area contributed by atoms with Crippen LogP contribution in [0.5, 0.6) is 0 Å². The number of hydrogen-bond acceptors (Lipinski definition) is 5. The SMILES string of the molecule is CCCC(OCC)C(Cc1nnn(C)n1)NCC. The highest BCUT2D eigenvalue weighted by molar-refractivity contribution is 4.88. The molecule has 1 N–H and O–H groups in total. The van der Waals surface area contributed by atoms with Gasteiger partial charge < -0.3 is 10.1 Å². The first-order valence-corrected chi connectivity index (χ1v) is 6.79. The van der Waals surface area contributed by atoms with Crippen molar-refractivity contribution in [3.8, 4) is 0 Å². The molecule has 6 heteroatoms. The van der Waals surface area contributed by atoms with Crippen molar-refractivity contribution < 1.29 is 4.74 Å². The fourth-order valence-electron chi connectivity index (χ4n) is 2.10. The van der Waals surface area contributed by atoms with Crippen molar-refractivity contribution in [1.29, 1.82) is 0 Å². The zero-order chi connectivity index (χ0) is 13.4. The average Bonchev–Trinajstić information content (AvgIpc) is 2.74. The Bertz CT molecular complexity index is 322. The molecular weight excluding hydrogens is 230 g/mol. The summed E-state index contributed by atoms with van der Waals surface area (Å²) in [6, 6.07) is 0.249. The Morgan fingerprint density at radius 1 is 1.33 bits per heavy atom. The minimum atomic E-state index is 0.212. The minimum absolute atomic E-state index is 0.212. The van der Waals surface area contributed by atoms with Crippen LogP contribution in [0.25, 0.3) is 0 Å². The minimum Gasteiger partial charge on any atom is -0.377 e. The summed E-state index contributed by atoms with van der Waals surface area (Å²) in [6.07, 6.45) is 3.13. The third kappa shape index (κ3) is 4.70. The first kappa shape index (κ1) is 15.0. The number of hydrogen-bond donors (Lipinski definition) is 1. The van der Waals surface area contributed by atoms with Gasteiger partial charge in [-0.3, -0.25) is 0 Å². The average molecular weight is 255 g/mol. The Morgan fingerprint density at radius 3 is 2.61 bits per heavy atom. The highest BCUT2D eigenvalue weighted by atomic mass is 16.5. The quantitative estimate of drug-likeness (QED) is 0.711. The van der Waals surface area contributed by atoms with Crippen LogP contribution in [-0.4, -0.2) is 45.5 Å². The molecule has 1 aromatic heterocycles. The Labute approximate surface area is 109 Å². The third-order valence-corrected chi connectivity index (χ3v) is 2.82. The van der Waals surface area contributed by atoms with Gasteiger partial charge in [0.2, 0.25) is 0 Å². The van der Waals surface area contributed by atoms with Gasteiger partial charge in [-0.25, -0.2) is 0 Å². The predicted molar refractivity (Wildman–Crippen MR) is 70.3 cm³/mol. The van der Waals surface area contributed by atoms with E-state index < -0.39 is 0 Å². The van der Waals surface area contributed by atoms with Gasteiger partial charge in [0, 0.05) is 19.1 Å². The van der Waals surface area contributed by atoms with Crippen LogP contribution in [0.3, 0.4) is 0 Å². The smallest absolute Gasteiger partial charge is 0.176 e. The lowest BCUT2D eigenvalue weighted by Crippen LogP contribution is -2.43. The summed E-state index contributed by atoms with van der Waals surface area (Å²) in [5, 5.41) is 15.6. The van der Waals surface area contributed by atoms with Crippen molar-refractivity contribution in [3.05, 3.63) is 5.82 Å². The maximum absolute atomic E-state index is 5.83. The molecular formula is C12H25N5O. The Hall–Kier alpha value is -1.01. The van der Waals surface area contributed by atoms with E-state index in [-0.39, 0.29) is 12.1 Å². The highest BCUT2D eigenvalue weighted by Gasteiger charge is 2.22. The number of nitrogens with one attached hydrogen (secondary N) is 1. The molecule has 0 aliphatic carbocycles. The number of tetrazole rings is 1. The summed E-state index contributed by atoms with van der Waals surface area (Å²) in [5.41, 5.74) is 0. The van der Waals surface area contributed by atoms with Gasteiger partial charge >= 0.3 is 0 Å². The number of ether oxygens (including phenoxy) is 1. The van der Waals surface area contributed by atoms with Crippen LogP contribution in [0.2, 0.25) is 0 Å². The molecule has 0 aliphatic rings. The van der Waals surface area contributed by atoms with E-state index in [4.69, 9.17) is 4.74 Å². The molecule has 1 heterocycles. The van der Waals surface area contributed by atoms with Crippen LogP contribution in [0.1, 0.15) is 39.4 Å². The molecule has 0 aromatic carbocycles. The summed E-state index contributed by atoms with van der Waals surface area (Å²) in [4.78, 5) is 1.49. The van der Waals surface area contributed by atoms with Gasteiger partial charge in [-0.05, 0) is 25.1 Å². The van der Waals surface area contributed by atoms with Gasteiger partial charge in [-0.2, -0.15) is 4.80 Å². The van der Waals surface area contributed by atoms with Crippen molar-refractivity contribution in [1.82, 2.24) is 25.5 Å². The molecule has 0 amide bonds. The van der Waals surface area contributed by atoms with Crippen LogP contribution in [0.4, 0.5) is 0 Å². The van der Waals surface area contributed by atoms with E-state index in [0.29, 0.717) is 0 Å². The van der Waals surface area contributed by atoms with E-state index in [1.807, 2.05) is 6.92 Å². The lowest BCUT2D eigenvalue weighted by atomic mass is 10.0. The Kier molecular flexibility index (Phi) is 6.82. The molecule has 0 saturated carbocycles. The van der Waals surface area contributed by atoms with Crippen molar-refractivity contribution >= 4 is 0 Å². The summed E-state index contributed by atoms with van der Waals surface area (Å²) in [7, 11) is 1.78. The maximum Gasteiger partial charge on any atom is 0.176 e. The molecule has 0 bridgehead atoms. The molecule has 0 saturated heterocycles. The summed E-state index contributed by atoms with van der Waals surface area (Å²) in [5.74, 6) is 0.768. The number of aromatic nitrogens is 4. The topological polar surface area (TPSA) is 64.9 Å². The molecule has 2 atom stereocenters. The van der Waals surface area contributed by atoms with E-state index >= 15 is 0 Å². The zero-order valence-corrected chi connectivity index (χ0v) is 11.9. The number of likely N-dealkylation sites (N-methyl/N-ethyl adjacent to an activating group) is 1. The zero-order valence-electron chi connectivity index (χ0n) is 11.9. The lowest BCUT2D eigenvalue weighted by molar-refractivity contribution is 0.0280. The molecule has 1 rings (SSSR count). The van der Waals surface area contributed by atoms with Gasteiger partial charge in [0.15, 0.2) is 5.82 Å². The van der Waals surface area contributed by atoms with Crippen LogP contribution in [-0.2, 0) is 18.2 Å². The molecule has 18 heavy (non-hydrogen) atoms. The van der Waals surface area contributed by atoms with Crippen LogP contribution in [0, 0.1) is 0 Å². The second-order valence-corrected chi connectivity index (χ2v) is 4.35. The van der Waals surface area contributed by atoms with Crippen molar-refractivity contribution in [2.75, 3.05) is 13.2 Å². The van der Waals surface area contributed by atoms with Gasteiger partial charge in [-0.1, -0.05) is 20.3 Å². The van der Waals surface area contributed by atoms with Crippen molar-refractivity contribution in [3.63, 3.8) is 0 Å². The van der Waals surface area contributed by atoms with Gasteiger partial charge in [-0.15, -0.1) is 10.2 Å². The summed E-state index contributed by atoms with van der Waals surface area (Å²) < 4.78 is 5.83. The molecule has 1 aromatic rings. The monoisotopic (exact) mass is 255 g/mol. The molecule has 0 fully saturated rings. The van der Waals surface area contributed by atoms with Gasteiger partial charge in [0.1, 0.15) is 0 Å². The standard InChI is InChI=1S/C12H25N5O/c1-5-8-11(18-7-3)10(13-6-2)9-12-14-16-17(4)15-12/h10-11,13H,5-9H2,1-4H3. The van der Waals surface area contributed by atoms with Crippen LogP contribution < -0.4 is 5.32 Å². The fourth-order valence-corrected chi connectivity index (χ4v) is 2.10. The Morgan fingerprint density at radius 2 is 2.11 bits per heavy atom. The molecule has 0 spiro atoms. The second kappa shape index (κ2) is 8.16. The lowest BCUT2D eigenvalue weighted by Gasteiger charge is -2.26. The summed E-state index contributed by atoms with van der Waals surface area (Å²) in [6.45, 7) is 7.96. The molecule has 2 unspecified atom stereocenters. The fraction of sp³-hybridized carbons (Fsp3) is 0.917. The van der Waals surface area contributed by atoms with Crippen molar-refractivity contribution in [2.24, 2.45) is 7.05 Å². The predicted octanol–water partition coefficient (Wildman–Crippen LogP) is 0.936. The first-order valence-electron chi connectivity index (χ1n) is 6.79. The number of aryl methyl sites for hydroxylation is 1. The molecule has 104 valence electrons. The second-order valence-electron chi connectivity index (χ2n) is 4.35. The normalized spacial score (nSPS) is 14.7. The van der Waals surface area contributed by atoms with E-state index in [0.717, 1.165) is 38.2 Å². The maximum atomic E-state index is 5.83. The number of nitrogens with zero attached hydrogens (tertiary/aromatic N) is 4. The van der Waals surface area contributed by atoms with Crippen LogP contribution >= 0.6 is 0 Å². The van der Waals surface area contributed by atoms with Crippen molar-refractivity contribution in [2.45, 2.75) is 52.2 Å². The van der Waals surface area contributed by atoms with E-state index in [9.17, 15) is 0 Å². The Balaban J connectivity index is 2.66. The summed E-state index contributed by atoms with van der Waals surface area (Å²) >= 11 is 0. The number of rotatable bonds is 9. The van der Waals surface area contributed by atoms with Gasteiger partial charge in [0.05, 0.1) is 13.2 Å². The van der Waals surface area contributed by atoms with Crippen LogP contribution in [0.15, 0.2) is 0 Å². The van der Waals surface area contributed by atoms with Gasteiger partial charge in [0.25, 0.3) is 0 Å². The van der Waals surface area contributed by atoms with E-state index in [1.54, 1.807) is 7.05 Å². The van der Waals surface area contributed by atoms with E-state index in [2.05, 4.69) is 34.6 Å².